The Morgan fingerprint density at radius 3 is 2.43 bits per heavy atom. The summed E-state index contributed by atoms with van der Waals surface area (Å²) in [5.41, 5.74) is 2.72. The number of nitrogens with one attached hydrogen (secondary N) is 2. The zero-order chi connectivity index (χ0) is 26.4. The highest BCUT2D eigenvalue weighted by Crippen LogP contribution is 2.29. The van der Waals surface area contributed by atoms with Gasteiger partial charge in [0.05, 0.1) is 28.5 Å². The van der Waals surface area contributed by atoms with Gasteiger partial charge in [-0.2, -0.15) is 5.10 Å². The van der Waals surface area contributed by atoms with Gasteiger partial charge < -0.3 is 20.3 Å². The van der Waals surface area contributed by atoms with Gasteiger partial charge in [0.1, 0.15) is 18.1 Å². The van der Waals surface area contributed by atoms with Gasteiger partial charge >= 0.3 is 6.03 Å². The van der Waals surface area contributed by atoms with Crippen LogP contribution < -0.4 is 15.4 Å². The van der Waals surface area contributed by atoms with Crippen LogP contribution in [0.3, 0.4) is 0 Å². The number of rotatable bonds is 8. The summed E-state index contributed by atoms with van der Waals surface area (Å²) in [6.45, 7) is 1.95. The molecule has 0 aliphatic heterocycles. The first-order valence-electron chi connectivity index (χ1n) is 11.5. The maximum absolute atomic E-state index is 13.0. The number of hydrogen-bond acceptors (Lipinski definition) is 4. The van der Waals surface area contributed by atoms with E-state index in [1.54, 1.807) is 67.2 Å². The molecule has 0 aliphatic rings. The van der Waals surface area contributed by atoms with Gasteiger partial charge in [0.25, 0.3) is 0 Å². The first-order valence-corrected chi connectivity index (χ1v) is 12.2. The van der Waals surface area contributed by atoms with Crippen molar-refractivity contribution in [2.24, 2.45) is 0 Å². The van der Waals surface area contributed by atoms with E-state index < -0.39 is 6.03 Å². The Hall–Kier alpha value is -4.01. The molecule has 0 atom stereocenters. The minimum atomic E-state index is -0.408. The molecule has 0 saturated heterocycles. The summed E-state index contributed by atoms with van der Waals surface area (Å²) in [7, 11) is 1.55. The Labute approximate surface area is 224 Å². The van der Waals surface area contributed by atoms with Crippen LogP contribution in [0.15, 0.2) is 78.9 Å². The average Bonchev–Trinajstić information content (AvgIpc) is 3.33. The van der Waals surface area contributed by atoms with E-state index in [-0.39, 0.29) is 12.5 Å². The Kier molecular flexibility index (Phi) is 8.32. The van der Waals surface area contributed by atoms with Crippen molar-refractivity contribution in [3.63, 3.8) is 0 Å². The van der Waals surface area contributed by atoms with E-state index in [0.29, 0.717) is 45.2 Å². The van der Waals surface area contributed by atoms with Crippen molar-refractivity contribution in [2.75, 3.05) is 30.8 Å². The second-order valence-electron chi connectivity index (χ2n) is 8.02. The number of ether oxygens (including phenoxy) is 1. The summed E-state index contributed by atoms with van der Waals surface area (Å²) >= 11 is 12.3. The van der Waals surface area contributed by atoms with Crippen LogP contribution in [0, 0.1) is 0 Å². The number of likely N-dealkylation sites (N-methyl/N-ethyl adjacent to an activating group) is 1. The SMILES string of the molecule is CCN(CC(=O)Nc1cc(-c2ccccc2)nn1-c1ccc(Cl)c(Cl)c1)C(=O)Nc1cccc(OC)c1. The number of nitrogens with zero attached hydrogens (tertiary/aromatic N) is 3. The minimum absolute atomic E-state index is 0.167. The number of hydrogen-bond donors (Lipinski definition) is 2. The molecular weight excluding hydrogens is 513 g/mol. The van der Waals surface area contributed by atoms with Crippen LogP contribution in [0.4, 0.5) is 16.3 Å². The van der Waals surface area contributed by atoms with E-state index in [9.17, 15) is 9.59 Å². The highest BCUT2D eigenvalue weighted by Gasteiger charge is 2.19. The van der Waals surface area contributed by atoms with Crippen LogP contribution in [0.2, 0.25) is 10.0 Å². The Morgan fingerprint density at radius 1 is 0.946 bits per heavy atom. The fourth-order valence-electron chi connectivity index (χ4n) is 3.62. The maximum Gasteiger partial charge on any atom is 0.322 e. The lowest BCUT2D eigenvalue weighted by atomic mass is 10.1. The van der Waals surface area contributed by atoms with Gasteiger partial charge in [0, 0.05) is 29.9 Å². The number of amides is 3. The molecule has 0 unspecified atom stereocenters. The zero-order valence-corrected chi connectivity index (χ0v) is 21.8. The smallest absolute Gasteiger partial charge is 0.322 e. The summed E-state index contributed by atoms with van der Waals surface area (Å²) in [6.07, 6.45) is 0. The van der Waals surface area contributed by atoms with Gasteiger partial charge in [-0.1, -0.05) is 59.6 Å². The minimum Gasteiger partial charge on any atom is -0.497 e. The largest absolute Gasteiger partial charge is 0.497 e. The molecule has 2 N–H and O–H groups in total. The van der Waals surface area contributed by atoms with E-state index in [2.05, 4.69) is 15.7 Å². The summed E-state index contributed by atoms with van der Waals surface area (Å²) in [5, 5.41) is 11.1. The zero-order valence-electron chi connectivity index (χ0n) is 20.2. The molecule has 0 spiro atoms. The van der Waals surface area contributed by atoms with Crippen LogP contribution in [-0.2, 0) is 4.79 Å². The lowest BCUT2D eigenvalue weighted by Crippen LogP contribution is -2.40. The number of carbonyl (C=O) groups is 2. The summed E-state index contributed by atoms with van der Waals surface area (Å²) < 4.78 is 6.78. The molecule has 4 rings (SSSR count). The van der Waals surface area contributed by atoms with Crippen LogP contribution in [-0.4, -0.2) is 46.8 Å². The normalized spacial score (nSPS) is 10.6. The molecule has 10 heteroatoms. The van der Waals surface area contributed by atoms with Crippen molar-refractivity contribution in [3.8, 4) is 22.7 Å². The Morgan fingerprint density at radius 2 is 1.73 bits per heavy atom. The van der Waals surface area contributed by atoms with Gasteiger partial charge in [0.15, 0.2) is 0 Å². The third-order valence-corrected chi connectivity index (χ3v) is 6.26. The quantitative estimate of drug-likeness (QED) is 0.274. The van der Waals surface area contributed by atoms with Crippen LogP contribution in [0.25, 0.3) is 16.9 Å². The third kappa shape index (κ3) is 6.41. The number of anilines is 2. The molecule has 190 valence electrons. The van der Waals surface area contributed by atoms with Gasteiger partial charge in [0.2, 0.25) is 5.91 Å². The Balaban J connectivity index is 1.55. The van der Waals surface area contributed by atoms with Crippen molar-refractivity contribution in [3.05, 3.63) is 88.9 Å². The summed E-state index contributed by atoms with van der Waals surface area (Å²) in [6, 6.07) is 23.0. The van der Waals surface area contributed by atoms with E-state index in [4.69, 9.17) is 27.9 Å². The Bertz CT molecular complexity index is 1410. The number of methoxy groups -OCH3 is 1. The first kappa shape index (κ1) is 26.1. The second-order valence-corrected chi connectivity index (χ2v) is 8.83. The summed E-state index contributed by atoms with van der Waals surface area (Å²) in [4.78, 5) is 27.3. The molecule has 8 nitrogen and oxygen atoms in total. The molecule has 1 aromatic heterocycles. The maximum atomic E-state index is 13.0. The second kappa shape index (κ2) is 11.8. The van der Waals surface area contributed by atoms with E-state index in [1.807, 2.05) is 30.3 Å². The van der Waals surface area contributed by atoms with Crippen molar-refractivity contribution in [2.45, 2.75) is 6.92 Å². The van der Waals surface area contributed by atoms with Crippen molar-refractivity contribution in [1.82, 2.24) is 14.7 Å². The highest BCUT2D eigenvalue weighted by molar-refractivity contribution is 6.42. The molecule has 0 radical (unpaired) electrons. The fourth-order valence-corrected chi connectivity index (χ4v) is 3.91. The van der Waals surface area contributed by atoms with Crippen molar-refractivity contribution < 1.29 is 14.3 Å². The molecule has 1 heterocycles. The molecule has 37 heavy (non-hydrogen) atoms. The number of carbonyl (C=O) groups excluding carboxylic acids is 2. The average molecular weight is 538 g/mol. The summed E-state index contributed by atoms with van der Waals surface area (Å²) in [5.74, 6) is 0.651. The molecule has 4 aromatic rings. The predicted octanol–water partition coefficient (Wildman–Crippen LogP) is 6.35. The lowest BCUT2D eigenvalue weighted by Gasteiger charge is -2.21. The van der Waals surface area contributed by atoms with Crippen LogP contribution >= 0.6 is 23.2 Å². The van der Waals surface area contributed by atoms with Gasteiger partial charge in [-0.25, -0.2) is 9.48 Å². The number of urea groups is 1. The van der Waals surface area contributed by atoms with Crippen molar-refractivity contribution in [1.29, 1.82) is 0 Å². The molecule has 3 amide bonds. The molecule has 0 bridgehead atoms. The third-order valence-electron chi connectivity index (χ3n) is 5.52. The monoisotopic (exact) mass is 537 g/mol. The molecular formula is C27H25Cl2N5O3. The topological polar surface area (TPSA) is 88.5 Å². The van der Waals surface area contributed by atoms with Crippen LogP contribution in [0.1, 0.15) is 6.92 Å². The van der Waals surface area contributed by atoms with Gasteiger partial charge in [-0.15, -0.1) is 0 Å². The first-order chi connectivity index (χ1) is 17.9. The van der Waals surface area contributed by atoms with E-state index in [0.717, 1.165) is 5.56 Å². The molecule has 0 aliphatic carbocycles. The molecule has 3 aromatic carbocycles. The number of benzene rings is 3. The van der Waals surface area contributed by atoms with E-state index >= 15 is 0 Å². The van der Waals surface area contributed by atoms with Crippen LogP contribution in [0.5, 0.6) is 5.75 Å². The molecule has 0 saturated carbocycles. The number of aromatic nitrogens is 2. The van der Waals surface area contributed by atoms with E-state index in [1.165, 1.54) is 4.90 Å². The van der Waals surface area contributed by atoms with Gasteiger partial charge in [-0.05, 0) is 37.3 Å². The standard InChI is InChI=1S/C27H25Cl2N5O3/c1-3-33(27(36)30-19-10-7-11-21(14-19)37-2)17-26(35)31-25-16-24(18-8-5-4-6-9-18)32-34(25)20-12-13-22(28)23(29)15-20/h4-16H,3,17H2,1-2H3,(H,30,36)(H,31,35). The predicted molar refractivity (Wildman–Crippen MR) is 147 cm³/mol. The number of halogens is 2. The van der Waals surface area contributed by atoms with Crippen molar-refractivity contribution >= 4 is 46.6 Å². The lowest BCUT2D eigenvalue weighted by molar-refractivity contribution is -0.116. The highest BCUT2D eigenvalue weighted by atomic mass is 35.5. The fraction of sp³-hybridized carbons (Fsp3) is 0.148. The van der Waals surface area contributed by atoms with Gasteiger partial charge in [-0.3, -0.25) is 4.79 Å². The molecule has 0 fully saturated rings.